The predicted octanol–water partition coefficient (Wildman–Crippen LogP) is 2.14. The van der Waals surface area contributed by atoms with Crippen molar-refractivity contribution in [1.82, 2.24) is 4.90 Å². The Morgan fingerprint density at radius 2 is 1.87 bits per heavy atom. The molecule has 0 aliphatic heterocycles. The van der Waals surface area contributed by atoms with Gasteiger partial charge in [-0.2, -0.15) is 5.26 Å². The zero-order valence-electron chi connectivity index (χ0n) is 13.0. The van der Waals surface area contributed by atoms with E-state index in [-0.39, 0.29) is 12.4 Å². The first-order chi connectivity index (χ1) is 11.1. The van der Waals surface area contributed by atoms with E-state index in [0.717, 1.165) is 5.56 Å². The van der Waals surface area contributed by atoms with E-state index in [1.165, 1.54) is 0 Å². The SMILES string of the molecule is CN(Cc1ccccc1O)CC(O)COc1ccc(C#N)cc1. The number of rotatable bonds is 7. The number of ether oxygens (including phenoxy) is 1. The summed E-state index contributed by atoms with van der Waals surface area (Å²) in [5, 5.41) is 28.5. The van der Waals surface area contributed by atoms with Crippen molar-refractivity contribution in [3.05, 3.63) is 59.7 Å². The van der Waals surface area contributed by atoms with Crippen LogP contribution in [-0.4, -0.2) is 41.4 Å². The van der Waals surface area contributed by atoms with Crippen LogP contribution in [0, 0.1) is 11.3 Å². The highest BCUT2D eigenvalue weighted by Gasteiger charge is 2.11. The average Bonchev–Trinajstić information content (AvgIpc) is 2.55. The fourth-order valence-electron chi connectivity index (χ4n) is 2.23. The van der Waals surface area contributed by atoms with E-state index in [4.69, 9.17) is 10.00 Å². The summed E-state index contributed by atoms with van der Waals surface area (Å²) in [7, 11) is 1.87. The van der Waals surface area contributed by atoms with Crippen molar-refractivity contribution in [3.8, 4) is 17.6 Å². The first-order valence-corrected chi connectivity index (χ1v) is 7.35. The minimum absolute atomic E-state index is 0.164. The molecule has 0 heterocycles. The van der Waals surface area contributed by atoms with E-state index in [0.29, 0.717) is 24.4 Å². The maximum absolute atomic E-state index is 10.0. The van der Waals surface area contributed by atoms with Crippen molar-refractivity contribution in [3.63, 3.8) is 0 Å². The number of aliphatic hydroxyl groups is 1. The summed E-state index contributed by atoms with van der Waals surface area (Å²) < 4.78 is 5.51. The zero-order chi connectivity index (χ0) is 16.7. The van der Waals surface area contributed by atoms with Crippen LogP contribution in [0.25, 0.3) is 0 Å². The Bertz CT molecular complexity index is 665. The summed E-state index contributed by atoms with van der Waals surface area (Å²) in [6, 6.07) is 15.9. The second-order valence-electron chi connectivity index (χ2n) is 5.43. The summed E-state index contributed by atoms with van der Waals surface area (Å²) in [6.45, 7) is 1.13. The lowest BCUT2D eigenvalue weighted by molar-refractivity contribution is 0.0742. The molecule has 0 saturated heterocycles. The third-order valence-electron chi connectivity index (χ3n) is 3.38. The van der Waals surface area contributed by atoms with Gasteiger partial charge in [-0.1, -0.05) is 18.2 Å². The summed E-state index contributed by atoms with van der Waals surface area (Å²) in [6.07, 6.45) is -0.651. The molecule has 0 fully saturated rings. The zero-order valence-corrected chi connectivity index (χ0v) is 13.0. The Morgan fingerprint density at radius 1 is 1.17 bits per heavy atom. The van der Waals surface area contributed by atoms with Crippen LogP contribution in [0.2, 0.25) is 0 Å². The second-order valence-corrected chi connectivity index (χ2v) is 5.43. The van der Waals surface area contributed by atoms with E-state index in [2.05, 4.69) is 0 Å². The highest BCUT2D eigenvalue weighted by molar-refractivity contribution is 5.34. The van der Waals surface area contributed by atoms with Crippen molar-refractivity contribution in [2.24, 2.45) is 0 Å². The number of aromatic hydroxyl groups is 1. The van der Waals surface area contributed by atoms with Gasteiger partial charge >= 0.3 is 0 Å². The third kappa shape index (κ3) is 5.29. The number of para-hydroxylation sites is 1. The van der Waals surface area contributed by atoms with Gasteiger partial charge in [-0.3, -0.25) is 4.90 Å². The van der Waals surface area contributed by atoms with Crippen molar-refractivity contribution in [2.45, 2.75) is 12.6 Å². The largest absolute Gasteiger partial charge is 0.508 e. The summed E-state index contributed by atoms with van der Waals surface area (Å²) in [5.74, 6) is 0.870. The lowest BCUT2D eigenvalue weighted by Gasteiger charge is -2.21. The summed E-state index contributed by atoms with van der Waals surface area (Å²) in [4.78, 5) is 1.92. The van der Waals surface area contributed by atoms with E-state index >= 15 is 0 Å². The van der Waals surface area contributed by atoms with Crippen LogP contribution in [0.3, 0.4) is 0 Å². The van der Waals surface area contributed by atoms with Gasteiger partial charge < -0.3 is 14.9 Å². The maximum atomic E-state index is 10.0. The molecule has 5 nitrogen and oxygen atoms in total. The van der Waals surface area contributed by atoms with Gasteiger partial charge in [0.2, 0.25) is 0 Å². The van der Waals surface area contributed by atoms with Gasteiger partial charge in [-0.25, -0.2) is 0 Å². The van der Waals surface area contributed by atoms with Gasteiger partial charge in [0, 0.05) is 18.7 Å². The van der Waals surface area contributed by atoms with Crippen LogP contribution in [0.4, 0.5) is 0 Å². The van der Waals surface area contributed by atoms with Crippen LogP contribution >= 0.6 is 0 Å². The maximum Gasteiger partial charge on any atom is 0.120 e. The molecular formula is C18H20N2O3. The Kier molecular flexibility index (Phi) is 5.98. The van der Waals surface area contributed by atoms with Crippen molar-refractivity contribution in [1.29, 1.82) is 5.26 Å². The number of nitrogens with zero attached hydrogens (tertiary/aromatic N) is 2. The fraction of sp³-hybridized carbons (Fsp3) is 0.278. The highest BCUT2D eigenvalue weighted by Crippen LogP contribution is 2.17. The number of hydrogen-bond acceptors (Lipinski definition) is 5. The van der Waals surface area contributed by atoms with E-state index in [1.807, 2.05) is 30.1 Å². The first kappa shape index (κ1) is 16.8. The lowest BCUT2D eigenvalue weighted by Crippen LogP contribution is -2.32. The quantitative estimate of drug-likeness (QED) is 0.819. The van der Waals surface area contributed by atoms with E-state index < -0.39 is 6.10 Å². The molecule has 5 heteroatoms. The van der Waals surface area contributed by atoms with E-state index in [9.17, 15) is 10.2 Å². The standard InChI is InChI=1S/C18H20N2O3/c1-20(11-15-4-2-3-5-18(15)22)12-16(21)13-23-17-8-6-14(10-19)7-9-17/h2-9,16,21-22H,11-13H2,1H3. The van der Waals surface area contributed by atoms with Crippen LogP contribution in [0.5, 0.6) is 11.5 Å². The topological polar surface area (TPSA) is 76.7 Å². The minimum atomic E-state index is -0.651. The molecule has 0 aliphatic rings. The van der Waals surface area contributed by atoms with Gasteiger partial charge in [0.15, 0.2) is 0 Å². The molecule has 2 aromatic rings. The monoisotopic (exact) mass is 312 g/mol. The van der Waals surface area contributed by atoms with Crippen molar-refractivity contribution >= 4 is 0 Å². The highest BCUT2D eigenvalue weighted by atomic mass is 16.5. The molecule has 2 aromatic carbocycles. The normalized spacial score (nSPS) is 11.9. The smallest absolute Gasteiger partial charge is 0.120 e. The van der Waals surface area contributed by atoms with Crippen LogP contribution < -0.4 is 4.74 Å². The van der Waals surface area contributed by atoms with Crippen molar-refractivity contribution in [2.75, 3.05) is 20.2 Å². The van der Waals surface area contributed by atoms with Crippen LogP contribution in [0.1, 0.15) is 11.1 Å². The molecule has 0 amide bonds. The van der Waals surface area contributed by atoms with Crippen molar-refractivity contribution < 1.29 is 14.9 Å². The van der Waals surface area contributed by atoms with Crippen LogP contribution in [-0.2, 0) is 6.54 Å². The molecular weight excluding hydrogens is 292 g/mol. The molecule has 120 valence electrons. The van der Waals surface area contributed by atoms with Crippen LogP contribution in [0.15, 0.2) is 48.5 Å². The summed E-state index contributed by atoms with van der Waals surface area (Å²) >= 11 is 0. The Hall–Kier alpha value is -2.55. The number of likely N-dealkylation sites (N-methyl/N-ethyl adjacent to an activating group) is 1. The third-order valence-corrected chi connectivity index (χ3v) is 3.38. The summed E-state index contributed by atoms with van der Waals surface area (Å²) in [5.41, 5.74) is 1.38. The number of nitriles is 1. The molecule has 2 rings (SSSR count). The molecule has 0 aliphatic carbocycles. The van der Waals surface area contributed by atoms with Gasteiger partial charge in [0.1, 0.15) is 24.2 Å². The molecule has 1 atom stereocenters. The molecule has 0 bridgehead atoms. The average molecular weight is 312 g/mol. The van der Waals surface area contributed by atoms with Gasteiger partial charge in [-0.05, 0) is 37.4 Å². The molecule has 0 aromatic heterocycles. The molecule has 0 spiro atoms. The molecule has 23 heavy (non-hydrogen) atoms. The number of phenolic OH excluding ortho intramolecular Hbond substituents is 1. The molecule has 0 saturated carbocycles. The predicted molar refractivity (Wildman–Crippen MR) is 87.1 cm³/mol. The Morgan fingerprint density at radius 3 is 2.52 bits per heavy atom. The number of benzene rings is 2. The minimum Gasteiger partial charge on any atom is -0.508 e. The Balaban J connectivity index is 1.78. The Labute approximate surface area is 136 Å². The molecule has 1 unspecified atom stereocenters. The second kappa shape index (κ2) is 8.18. The molecule has 2 N–H and O–H groups in total. The van der Waals surface area contributed by atoms with Gasteiger partial charge in [-0.15, -0.1) is 0 Å². The number of aliphatic hydroxyl groups excluding tert-OH is 1. The van der Waals surface area contributed by atoms with Gasteiger partial charge in [0.25, 0.3) is 0 Å². The number of phenols is 1. The van der Waals surface area contributed by atoms with E-state index in [1.54, 1.807) is 36.4 Å². The van der Waals surface area contributed by atoms with Gasteiger partial charge in [0.05, 0.1) is 11.6 Å². The molecule has 0 radical (unpaired) electrons. The fourth-order valence-corrected chi connectivity index (χ4v) is 2.23. The lowest BCUT2D eigenvalue weighted by atomic mass is 10.2. The number of hydrogen-bond donors (Lipinski definition) is 2. The first-order valence-electron chi connectivity index (χ1n) is 7.35.